The van der Waals surface area contributed by atoms with Crippen molar-refractivity contribution in [3.05, 3.63) is 102 Å². The molecule has 0 unspecified atom stereocenters. The summed E-state index contributed by atoms with van der Waals surface area (Å²) in [7, 11) is 1.90. The van der Waals surface area contributed by atoms with Crippen molar-refractivity contribution in [2.45, 2.75) is 13.8 Å². The molecule has 4 aromatic carbocycles. The third-order valence-electron chi connectivity index (χ3n) is 6.35. The Kier molecular flexibility index (Phi) is 3.49. The summed E-state index contributed by atoms with van der Waals surface area (Å²) in [6.45, 7) is -0.166. The number of hydrogen-bond acceptors (Lipinski definition) is 1. The topological polar surface area (TPSA) is 17.0 Å². The second kappa shape index (κ2) is 7.06. The summed E-state index contributed by atoms with van der Waals surface area (Å²) in [5.41, 5.74) is 6.54. The Bertz CT molecular complexity index is 1750. The molecule has 0 fully saturated rings. The van der Waals surface area contributed by atoms with E-state index in [9.17, 15) is 0 Å². The fraction of sp³-hybridized carbons (Fsp3) is 0.100. The first-order valence-corrected chi connectivity index (χ1v) is 10.8. The first kappa shape index (κ1) is 15.8. The lowest BCUT2D eigenvalue weighted by Crippen LogP contribution is -2.31. The predicted molar refractivity (Wildman–Crippen MR) is 133 cm³/mol. The molecular weight excluding hydrogens is 390 g/mol. The van der Waals surface area contributed by atoms with Gasteiger partial charge in [-0.05, 0) is 41.9 Å². The van der Waals surface area contributed by atoms with Crippen LogP contribution in [0, 0.1) is 13.8 Å². The number of nitrogens with zero attached hydrogens (tertiary/aromatic N) is 1. The molecule has 0 saturated heterocycles. The Morgan fingerprint density at radius 2 is 1.50 bits per heavy atom. The van der Waals surface area contributed by atoms with Crippen LogP contribution >= 0.6 is 0 Å². The smallest absolute Gasteiger partial charge is 0.216 e. The van der Waals surface area contributed by atoms with Crippen LogP contribution < -0.4 is 4.57 Å². The summed E-state index contributed by atoms with van der Waals surface area (Å²) in [6.07, 6.45) is 1.74. The van der Waals surface area contributed by atoms with Crippen LogP contribution in [-0.2, 0) is 7.05 Å². The zero-order chi connectivity index (χ0) is 24.3. The fourth-order valence-corrected chi connectivity index (χ4v) is 4.74. The molecule has 0 atom stereocenters. The molecule has 0 amide bonds. The van der Waals surface area contributed by atoms with E-state index in [0.29, 0.717) is 11.1 Å². The van der Waals surface area contributed by atoms with Gasteiger partial charge in [0.25, 0.3) is 0 Å². The van der Waals surface area contributed by atoms with E-state index in [1.54, 1.807) is 6.20 Å². The number of fused-ring (bicyclic) bond motifs is 5. The van der Waals surface area contributed by atoms with Gasteiger partial charge >= 0.3 is 0 Å². The quantitative estimate of drug-likeness (QED) is 0.266. The minimum Gasteiger partial charge on any atom is -0.454 e. The zero-order valence-electron chi connectivity index (χ0n) is 21.0. The number of pyridine rings is 1. The van der Waals surface area contributed by atoms with Gasteiger partial charge in [-0.1, -0.05) is 72.8 Å². The molecule has 6 aromatic rings. The molecule has 6 rings (SSSR count). The molecule has 154 valence electrons. The van der Waals surface area contributed by atoms with Gasteiger partial charge in [0.05, 0.1) is 5.56 Å². The minimum absolute atomic E-state index is 0.329. The summed E-state index contributed by atoms with van der Waals surface area (Å²) in [6, 6.07) is 28.4. The van der Waals surface area contributed by atoms with Crippen LogP contribution in [0.2, 0.25) is 0 Å². The van der Waals surface area contributed by atoms with Crippen molar-refractivity contribution in [3.63, 3.8) is 0 Å². The second-order valence-electron chi connectivity index (χ2n) is 8.36. The van der Waals surface area contributed by atoms with Gasteiger partial charge in [-0.25, -0.2) is 4.57 Å². The standard InChI is InChI=1S/C30H24NO/c1-19-13-15-25-24-16-14-22-11-7-8-12-23(22)29(24)32-30(25)28(19)27-17-26(20(2)18-31(27)3)21-9-5-4-6-10-21/h4-18H,1-3H3/q+1/i2D3. The highest BCUT2D eigenvalue weighted by Crippen LogP contribution is 2.40. The highest BCUT2D eigenvalue weighted by atomic mass is 16.3. The Labute approximate surface area is 191 Å². The van der Waals surface area contributed by atoms with Crippen LogP contribution in [0.5, 0.6) is 0 Å². The van der Waals surface area contributed by atoms with Crippen LogP contribution in [0.3, 0.4) is 0 Å². The maximum absolute atomic E-state index is 8.16. The first-order valence-electron chi connectivity index (χ1n) is 12.3. The van der Waals surface area contributed by atoms with Gasteiger partial charge in [0.2, 0.25) is 5.69 Å². The van der Waals surface area contributed by atoms with Gasteiger partial charge < -0.3 is 4.42 Å². The fourth-order valence-electron chi connectivity index (χ4n) is 4.74. The molecule has 0 aliphatic rings. The molecule has 0 radical (unpaired) electrons. The number of hydrogen-bond donors (Lipinski definition) is 0. The first-order chi connectivity index (χ1) is 16.8. The van der Waals surface area contributed by atoms with Crippen LogP contribution in [0.15, 0.2) is 95.5 Å². The SMILES string of the molecule is [2H]C([2H])([2H])c1c[n+](C)c(-c2c(C)ccc3c2oc2c4ccccc4ccc32)cc1-c1ccccc1. The van der Waals surface area contributed by atoms with Crippen molar-refractivity contribution >= 4 is 32.7 Å². The van der Waals surface area contributed by atoms with Crippen molar-refractivity contribution in [2.24, 2.45) is 7.05 Å². The molecule has 0 aliphatic carbocycles. The van der Waals surface area contributed by atoms with E-state index in [0.717, 1.165) is 55.1 Å². The third-order valence-corrected chi connectivity index (χ3v) is 6.35. The van der Waals surface area contributed by atoms with Crippen molar-refractivity contribution in [1.29, 1.82) is 0 Å². The van der Waals surface area contributed by atoms with Crippen LogP contribution in [0.4, 0.5) is 0 Å². The summed E-state index contributed by atoms with van der Waals surface area (Å²) < 4.78 is 33.0. The summed E-state index contributed by atoms with van der Waals surface area (Å²) in [5.74, 6) is 0. The van der Waals surface area contributed by atoms with Crippen molar-refractivity contribution in [2.75, 3.05) is 0 Å². The minimum atomic E-state index is -2.24. The maximum Gasteiger partial charge on any atom is 0.216 e. The Morgan fingerprint density at radius 1 is 0.750 bits per heavy atom. The summed E-state index contributed by atoms with van der Waals surface area (Å²) in [4.78, 5) is 0. The van der Waals surface area contributed by atoms with E-state index in [4.69, 9.17) is 8.53 Å². The number of aryl methyl sites for hydroxylation is 3. The van der Waals surface area contributed by atoms with Gasteiger partial charge in [0, 0.05) is 31.9 Å². The number of aromatic nitrogens is 1. The monoisotopic (exact) mass is 417 g/mol. The summed E-state index contributed by atoms with van der Waals surface area (Å²) >= 11 is 0. The van der Waals surface area contributed by atoms with Crippen molar-refractivity contribution in [3.8, 4) is 22.4 Å². The summed E-state index contributed by atoms with van der Waals surface area (Å²) in [5, 5.41) is 4.34. The van der Waals surface area contributed by atoms with Gasteiger partial charge in [0.15, 0.2) is 6.20 Å². The van der Waals surface area contributed by atoms with Gasteiger partial charge in [-0.15, -0.1) is 0 Å². The second-order valence-corrected chi connectivity index (χ2v) is 8.36. The largest absolute Gasteiger partial charge is 0.454 e. The number of furan rings is 1. The normalized spacial score (nSPS) is 13.4. The van der Waals surface area contributed by atoms with Gasteiger partial charge in [0.1, 0.15) is 18.2 Å². The molecule has 32 heavy (non-hydrogen) atoms. The molecule has 2 aromatic heterocycles. The van der Waals surface area contributed by atoms with E-state index < -0.39 is 6.85 Å². The molecule has 0 bridgehead atoms. The molecule has 0 aliphatic heterocycles. The van der Waals surface area contributed by atoms with E-state index in [1.807, 2.05) is 60.1 Å². The van der Waals surface area contributed by atoms with Gasteiger partial charge in [-0.2, -0.15) is 0 Å². The number of rotatable bonds is 2. The lowest BCUT2D eigenvalue weighted by molar-refractivity contribution is -0.660. The average molecular weight is 418 g/mol. The van der Waals surface area contributed by atoms with Gasteiger partial charge in [-0.3, -0.25) is 0 Å². The molecule has 2 heteroatoms. The van der Waals surface area contributed by atoms with Crippen LogP contribution in [-0.4, -0.2) is 0 Å². The van der Waals surface area contributed by atoms with E-state index in [-0.39, 0.29) is 0 Å². The Hall–Kier alpha value is -3.91. The molecular formula is C30H24NO+. The molecule has 0 N–H and O–H groups in total. The highest BCUT2D eigenvalue weighted by molar-refractivity contribution is 6.17. The van der Waals surface area contributed by atoms with E-state index in [1.165, 1.54) is 0 Å². The molecule has 0 saturated carbocycles. The van der Waals surface area contributed by atoms with Crippen LogP contribution in [0.1, 0.15) is 15.2 Å². The third kappa shape index (κ3) is 2.76. The molecule has 2 heterocycles. The Balaban J connectivity index is 1.70. The lowest BCUT2D eigenvalue weighted by Gasteiger charge is -2.10. The molecule has 0 spiro atoms. The van der Waals surface area contributed by atoms with Crippen LogP contribution in [0.25, 0.3) is 55.1 Å². The van der Waals surface area contributed by atoms with Crippen molar-refractivity contribution < 1.29 is 13.1 Å². The maximum atomic E-state index is 8.16. The highest BCUT2D eigenvalue weighted by Gasteiger charge is 2.23. The predicted octanol–water partition coefficient (Wildman–Crippen LogP) is 7.51. The van der Waals surface area contributed by atoms with E-state index in [2.05, 4.69) is 43.3 Å². The average Bonchev–Trinajstić information content (AvgIpc) is 3.23. The zero-order valence-corrected chi connectivity index (χ0v) is 18.0. The van der Waals surface area contributed by atoms with Crippen molar-refractivity contribution in [1.82, 2.24) is 0 Å². The molecule has 2 nitrogen and oxygen atoms in total. The Morgan fingerprint density at radius 3 is 2.34 bits per heavy atom. The van der Waals surface area contributed by atoms with E-state index >= 15 is 0 Å². The lowest BCUT2D eigenvalue weighted by atomic mass is 9.96. The number of benzene rings is 4.